The van der Waals surface area contributed by atoms with E-state index in [2.05, 4.69) is 5.43 Å². The molecule has 2 aromatic rings. The number of para-hydroxylation sites is 1. The van der Waals surface area contributed by atoms with E-state index in [9.17, 15) is 4.79 Å². The minimum absolute atomic E-state index is 0.322. The zero-order valence-electron chi connectivity index (χ0n) is 8.84. The van der Waals surface area contributed by atoms with E-state index < -0.39 is 6.09 Å². The van der Waals surface area contributed by atoms with Gasteiger partial charge in [-0.15, -0.1) is 0 Å². The Morgan fingerprint density at radius 2 is 1.82 bits per heavy atom. The quantitative estimate of drug-likeness (QED) is 0.831. The number of rotatable bonds is 2. The Bertz CT molecular complexity index is 517. The van der Waals surface area contributed by atoms with Crippen LogP contribution in [0.2, 0.25) is 5.02 Å². The standard InChI is InChI=1S/C12H9ClN2O2/c13-10-6-2-3-7-11(10)17-12(16)14-15-8-4-1-5-9-15/h1-9H/p+1. The summed E-state index contributed by atoms with van der Waals surface area (Å²) in [5.41, 5.74) is 2.51. The highest BCUT2D eigenvalue weighted by molar-refractivity contribution is 6.32. The van der Waals surface area contributed by atoms with Crippen molar-refractivity contribution in [1.82, 2.24) is 0 Å². The lowest BCUT2D eigenvalue weighted by Gasteiger charge is -2.03. The molecule has 2 rings (SSSR count). The number of halogens is 1. The highest BCUT2D eigenvalue weighted by Crippen LogP contribution is 2.22. The van der Waals surface area contributed by atoms with E-state index in [1.54, 1.807) is 48.8 Å². The van der Waals surface area contributed by atoms with Gasteiger partial charge in [0.15, 0.2) is 18.1 Å². The van der Waals surface area contributed by atoms with Crippen LogP contribution in [0.25, 0.3) is 0 Å². The molecule has 1 N–H and O–H groups in total. The van der Waals surface area contributed by atoms with Crippen molar-refractivity contribution in [2.75, 3.05) is 5.43 Å². The van der Waals surface area contributed by atoms with Gasteiger partial charge in [-0.2, -0.15) is 0 Å². The molecule has 0 fully saturated rings. The van der Waals surface area contributed by atoms with E-state index in [0.717, 1.165) is 0 Å². The monoisotopic (exact) mass is 249 g/mol. The maximum Gasteiger partial charge on any atom is 0.466 e. The van der Waals surface area contributed by atoms with Gasteiger partial charge in [0.1, 0.15) is 0 Å². The molecule has 0 saturated carbocycles. The predicted molar refractivity (Wildman–Crippen MR) is 63.5 cm³/mol. The normalized spacial score (nSPS) is 9.71. The highest BCUT2D eigenvalue weighted by atomic mass is 35.5. The molecule has 86 valence electrons. The van der Waals surface area contributed by atoms with Crippen LogP contribution in [0.3, 0.4) is 0 Å². The van der Waals surface area contributed by atoms with Gasteiger partial charge in [-0.3, -0.25) is 0 Å². The molecule has 0 saturated heterocycles. The van der Waals surface area contributed by atoms with Gasteiger partial charge in [0.05, 0.1) is 5.02 Å². The van der Waals surface area contributed by atoms with E-state index in [1.807, 2.05) is 6.07 Å². The van der Waals surface area contributed by atoms with Crippen molar-refractivity contribution < 1.29 is 14.2 Å². The molecular weight excluding hydrogens is 240 g/mol. The Balaban J connectivity index is 2.01. The van der Waals surface area contributed by atoms with Crippen LogP contribution in [0.4, 0.5) is 4.79 Å². The van der Waals surface area contributed by atoms with Crippen LogP contribution in [0.1, 0.15) is 0 Å². The minimum Gasteiger partial charge on any atom is -0.405 e. The van der Waals surface area contributed by atoms with Crippen molar-refractivity contribution in [2.24, 2.45) is 0 Å². The van der Waals surface area contributed by atoms with Crippen LogP contribution >= 0.6 is 11.6 Å². The number of nitrogens with zero attached hydrogens (tertiary/aromatic N) is 1. The van der Waals surface area contributed by atoms with Crippen molar-refractivity contribution in [1.29, 1.82) is 0 Å². The molecule has 1 aromatic carbocycles. The second kappa shape index (κ2) is 5.32. The van der Waals surface area contributed by atoms with Gasteiger partial charge in [0, 0.05) is 12.1 Å². The van der Waals surface area contributed by atoms with Gasteiger partial charge in [-0.05, 0) is 12.1 Å². The van der Waals surface area contributed by atoms with Gasteiger partial charge in [0.2, 0.25) is 0 Å². The third-order valence-electron chi connectivity index (χ3n) is 1.98. The molecule has 0 aliphatic heterocycles. The van der Waals surface area contributed by atoms with Crippen LogP contribution in [0.15, 0.2) is 54.9 Å². The summed E-state index contributed by atoms with van der Waals surface area (Å²) in [6.07, 6.45) is 2.77. The maximum atomic E-state index is 11.5. The van der Waals surface area contributed by atoms with Gasteiger partial charge >= 0.3 is 6.09 Å². The maximum absolute atomic E-state index is 11.5. The predicted octanol–water partition coefficient (Wildman–Crippen LogP) is 2.37. The molecule has 0 aliphatic carbocycles. The number of benzene rings is 1. The van der Waals surface area contributed by atoms with E-state index in [1.165, 1.54) is 4.68 Å². The molecule has 0 aliphatic rings. The number of hydrogen-bond donors (Lipinski definition) is 1. The van der Waals surface area contributed by atoms with Crippen LogP contribution in [0, 0.1) is 0 Å². The van der Waals surface area contributed by atoms with Crippen LogP contribution in [-0.2, 0) is 0 Å². The first-order valence-corrected chi connectivity index (χ1v) is 5.33. The summed E-state index contributed by atoms with van der Waals surface area (Å²) in [5, 5.41) is 0.390. The fourth-order valence-electron chi connectivity index (χ4n) is 1.23. The number of aromatic nitrogens is 1. The lowest BCUT2D eigenvalue weighted by molar-refractivity contribution is -0.642. The smallest absolute Gasteiger partial charge is 0.405 e. The number of carbonyl (C=O) groups is 1. The van der Waals surface area contributed by atoms with Gasteiger partial charge in [-0.1, -0.05) is 39.9 Å². The molecule has 4 nitrogen and oxygen atoms in total. The summed E-state index contributed by atoms with van der Waals surface area (Å²) in [7, 11) is 0. The summed E-state index contributed by atoms with van der Waals surface area (Å²) < 4.78 is 6.53. The first-order valence-electron chi connectivity index (χ1n) is 4.95. The van der Waals surface area contributed by atoms with Gasteiger partial charge in [0.25, 0.3) is 0 Å². The van der Waals surface area contributed by atoms with Crippen molar-refractivity contribution in [3.05, 3.63) is 59.9 Å². The Labute approximate surface area is 103 Å². The van der Waals surface area contributed by atoms with E-state index in [4.69, 9.17) is 16.3 Å². The minimum atomic E-state index is -0.602. The third-order valence-corrected chi connectivity index (χ3v) is 2.29. The second-order valence-electron chi connectivity index (χ2n) is 3.21. The molecule has 0 spiro atoms. The van der Waals surface area contributed by atoms with Crippen LogP contribution < -0.4 is 14.8 Å². The summed E-state index contributed by atoms with van der Waals surface area (Å²) in [5.74, 6) is 0.322. The molecule has 0 atom stereocenters. The summed E-state index contributed by atoms with van der Waals surface area (Å²) in [6, 6.07) is 12.2. The molecule has 1 amide bonds. The number of hydrogen-bond acceptors (Lipinski definition) is 2. The lowest BCUT2D eigenvalue weighted by atomic mass is 10.3. The molecular formula is C12H10ClN2O2+. The molecule has 0 bridgehead atoms. The molecule has 0 unspecified atom stereocenters. The molecule has 0 radical (unpaired) electrons. The number of nitrogens with one attached hydrogen (secondary N) is 1. The molecule has 1 heterocycles. The summed E-state index contributed by atoms with van der Waals surface area (Å²) in [6.45, 7) is 0. The Morgan fingerprint density at radius 3 is 2.53 bits per heavy atom. The summed E-state index contributed by atoms with van der Waals surface area (Å²) >= 11 is 5.86. The zero-order chi connectivity index (χ0) is 12.1. The van der Waals surface area contributed by atoms with Crippen molar-refractivity contribution in [3.63, 3.8) is 0 Å². The van der Waals surface area contributed by atoms with Crippen LogP contribution in [0.5, 0.6) is 5.75 Å². The molecule has 17 heavy (non-hydrogen) atoms. The average Bonchev–Trinajstić information content (AvgIpc) is 2.33. The van der Waals surface area contributed by atoms with E-state index in [-0.39, 0.29) is 0 Å². The first kappa shape index (κ1) is 11.4. The number of amides is 1. The van der Waals surface area contributed by atoms with Gasteiger partial charge < -0.3 is 4.74 Å². The second-order valence-corrected chi connectivity index (χ2v) is 3.62. The Morgan fingerprint density at radius 1 is 1.12 bits per heavy atom. The Kier molecular flexibility index (Phi) is 3.57. The fourth-order valence-corrected chi connectivity index (χ4v) is 1.40. The first-order chi connectivity index (χ1) is 8.25. The third kappa shape index (κ3) is 3.19. The number of pyridine rings is 1. The largest absolute Gasteiger partial charge is 0.466 e. The topological polar surface area (TPSA) is 42.2 Å². The Hall–Kier alpha value is -2.07. The number of carbonyl (C=O) groups excluding carboxylic acids is 1. The highest BCUT2D eigenvalue weighted by Gasteiger charge is 2.10. The molecule has 1 aromatic heterocycles. The molecule has 5 heteroatoms. The van der Waals surface area contributed by atoms with Crippen molar-refractivity contribution in [2.45, 2.75) is 0 Å². The average molecular weight is 250 g/mol. The SMILES string of the molecule is O=C(N[n+]1ccccc1)Oc1ccccc1Cl. The van der Waals surface area contributed by atoms with Crippen molar-refractivity contribution >= 4 is 17.7 Å². The summed E-state index contributed by atoms with van der Waals surface area (Å²) in [4.78, 5) is 11.5. The number of ether oxygens (including phenoxy) is 1. The van der Waals surface area contributed by atoms with E-state index in [0.29, 0.717) is 10.8 Å². The fraction of sp³-hybridized carbons (Fsp3) is 0. The van der Waals surface area contributed by atoms with Crippen LogP contribution in [-0.4, -0.2) is 6.09 Å². The zero-order valence-corrected chi connectivity index (χ0v) is 9.59. The van der Waals surface area contributed by atoms with Gasteiger partial charge in [-0.25, -0.2) is 4.79 Å². The van der Waals surface area contributed by atoms with Crippen molar-refractivity contribution in [3.8, 4) is 5.75 Å². The lowest BCUT2D eigenvalue weighted by Crippen LogP contribution is -2.48. The van der Waals surface area contributed by atoms with E-state index >= 15 is 0 Å².